The average molecular weight is 365 g/mol. The van der Waals surface area contributed by atoms with Crippen molar-refractivity contribution >= 4 is 23.4 Å². The number of rotatable bonds is 7. The van der Waals surface area contributed by atoms with Gasteiger partial charge in [-0.05, 0) is 43.3 Å². The predicted octanol–water partition coefficient (Wildman–Crippen LogP) is 3.72. The van der Waals surface area contributed by atoms with Crippen molar-refractivity contribution in [3.63, 3.8) is 0 Å². The highest BCUT2D eigenvalue weighted by Gasteiger charge is 2.15. The number of pyridine rings is 1. The fourth-order valence-corrected chi connectivity index (χ4v) is 2.43. The molecule has 0 atom stereocenters. The van der Waals surface area contributed by atoms with Gasteiger partial charge in [0.1, 0.15) is 11.6 Å². The highest BCUT2D eigenvalue weighted by atomic mass is 16.5. The van der Waals surface area contributed by atoms with Crippen molar-refractivity contribution in [1.82, 2.24) is 4.98 Å². The Morgan fingerprint density at radius 3 is 2.78 bits per heavy atom. The summed E-state index contributed by atoms with van der Waals surface area (Å²) in [7, 11) is 0. The molecule has 2 aromatic heterocycles. The van der Waals surface area contributed by atoms with E-state index in [1.165, 1.54) is 6.20 Å². The summed E-state index contributed by atoms with van der Waals surface area (Å²) in [6.45, 7) is 2.44. The topological polar surface area (TPSA) is 93.5 Å². The number of amides is 1. The lowest BCUT2D eigenvalue weighted by Crippen LogP contribution is -2.16. The molecule has 0 aliphatic rings. The number of furan rings is 1. The van der Waals surface area contributed by atoms with Crippen LogP contribution in [0.1, 0.15) is 33.4 Å². The first kappa shape index (κ1) is 18.2. The van der Waals surface area contributed by atoms with E-state index < -0.39 is 5.97 Å². The van der Waals surface area contributed by atoms with Gasteiger partial charge in [0.2, 0.25) is 0 Å². The van der Waals surface area contributed by atoms with E-state index in [4.69, 9.17) is 9.15 Å². The molecular weight excluding hydrogens is 346 g/mol. The summed E-state index contributed by atoms with van der Waals surface area (Å²) >= 11 is 0. The van der Waals surface area contributed by atoms with Gasteiger partial charge in [0, 0.05) is 11.8 Å². The quantitative estimate of drug-likeness (QED) is 0.620. The van der Waals surface area contributed by atoms with E-state index in [1.54, 1.807) is 55.7 Å². The van der Waals surface area contributed by atoms with Crippen molar-refractivity contribution in [3.8, 4) is 0 Å². The van der Waals surface area contributed by atoms with Crippen LogP contribution in [0.4, 0.5) is 11.5 Å². The Labute approximate surface area is 156 Å². The van der Waals surface area contributed by atoms with Crippen LogP contribution in [0.5, 0.6) is 0 Å². The van der Waals surface area contributed by atoms with Crippen LogP contribution in [0.2, 0.25) is 0 Å². The van der Waals surface area contributed by atoms with Crippen LogP contribution in [-0.2, 0) is 11.3 Å². The Bertz CT molecular complexity index is 922. The Morgan fingerprint density at radius 1 is 1.15 bits per heavy atom. The number of aromatic nitrogens is 1. The van der Waals surface area contributed by atoms with E-state index in [2.05, 4.69) is 15.6 Å². The molecular formula is C20H19N3O4. The summed E-state index contributed by atoms with van der Waals surface area (Å²) in [4.78, 5) is 28.8. The van der Waals surface area contributed by atoms with E-state index in [0.29, 0.717) is 29.2 Å². The minimum Gasteiger partial charge on any atom is -0.467 e. The van der Waals surface area contributed by atoms with Gasteiger partial charge in [0.15, 0.2) is 0 Å². The van der Waals surface area contributed by atoms with Gasteiger partial charge >= 0.3 is 5.97 Å². The number of hydrogen-bond donors (Lipinski definition) is 2. The first-order valence-corrected chi connectivity index (χ1v) is 8.47. The minimum atomic E-state index is -0.482. The molecule has 3 aromatic rings. The SMILES string of the molecule is CCOC(=O)c1ccccc1NC(=O)c1ccnc(NCc2ccco2)c1. The molecule has 138 valence electrons. The monoisotopic (exact) mass is 365 g/mol. The second-order valence-electron chi connectivity index (χ2n) is 5.58. The third-order valence-corrected chi connectivity index (χ3v) is 3.72. The maximum absolute atomic E-state index is 12.6. The van der Waals surface area contributed by atoms with E-state index in [0.717, 1.165) is 5.76 Å². The van der Waals surface area contributed by atoms with Crippen molar-refractivity contribution in [2.45, 2.75) is 13.5 Å². The molecule has 0 unspecified atom stereocenters. The molecule has 3 rings (SSSR count). The highest BCUT2D eigenvalue weighted by molar-refractivity contribution is 6.08. The average Bonchev–Trinajstić information content (AvgIpc) is 3.21. The van der Waals surface area contributed by atoms with Gasteiger partial charge in [-0.2, -0.15) is 0 Å². The number of carbonyl (C=O) groups excluding carboxylic acids is 2. The molecule has 1 amide bonds. The van der Waals surface area contributed by atoms with Crippen LogP contribution in [0.25, 0.3) is 0 Å². The molecule has 2 N–H and O–H groups in total. The minimum absolute atomic E-state index is 0.260. The van der Waals surface area contributed by atoms with Crippen molar-refractivity contribution in [1.29, 1.82) is 0 Å². The van der Waals surface area contributed by atoms with Crippen LogP contribution >= 0.6 is 0 Å². The zero-order valence-electron chi connectivity index (χ0n) is 14.8. The second-order valence-corrected chi connectivity index (χ2v) is 5.58. The Morgan fingerprint density at radius 2 is 2.00 bits per heavy atom. The second kappa shape index (κ2) is 8.66. The van der Waals surface area contributed by atoms with Gasteiger partial charge in [-0.15, -0.1) is 0 Å². The zero-order valence-corrected chi connectivity index (χ0v) is 14.8. The number of esters is 1. The first-order chi connectivity index (χ1) is 13.2. The fraction of sp³-hybridized carbons (Fsp3) is 0.150. The molecule has 0 aliphatic carbocycles. The smallest absolute Gasteiger partial charge is 0.340 e. The maximum atomic E-state index is 12.6. The number of hydrogen-bond acceptors (Lipinski definition) is 6. The molecule has 0 saturated carbocycles. The number of nitrogens with zero attached hydrogens (tertiary/aromatic N) is 1. The van der Waals surface area contributed by atoms with Gasteiger partial charge in [-0.1, -0.05) is 12.1 Å². The van der Waals surface area contributed by atoms with Crippen LogP contribution < -0.4 is 10.6 Å². The Kier molecular flexibility index (Phi) is 5.84. The van der Waals surface area contributed by atoms with Gasteiger partial charge < -0.3 is 19.8 Å². The van der Waals surface area contributed by atoms with E-state index in [-0.39, 0.29) is 12.5 Å². The van der Waals surface area contributed by atoms with Gasteiger partial charge in [0.05, 0.1) is 30.7 Å². The molecule has 2 heterocycles. The lowest BCUT2D eigenvalue weighted by molar-refractivity contribution is 0.0527. The van der Waals surface area contributed by atoms with Crippen molar-refractivity contribution in [2.75, 3.05) is 17.2 Å². The highest BCUT2D eigenvalue weighted by Crippen LogP contribution is 2.18. The number of carbonyl (C=O) groups is 2. The number of benzene rings is 1. The van der Waals surface area contributed by atoms with Crippen molar-refractivity contribution < 1.29 is 18.7 Å². The molecule has 0 fully saturated rings. The molecule has 7 nitrogen and oxygen atoms in total. The standard InChI is InChI=1S/C20H19N3O4/c1-2-26-20(25)16-7-3-4-8-17(16)23-19(24)14-9-10-21-18(12-14)22-13-15-6-5-11-27-15/h3-12H,2,13H2,1H3,(H,21,22)(H,23,24). The van der Waals surface area contributed by atoms with Gasteiger partial charge in [-0.25, -0.2) is 9.78 Å². The van der Waals surface area contributed by atoms with Crippen molar-refractivity contribution in [3.05, 3.63) is 77.9 Å². The lowest BCUT2D eigenvalue weighted by Gasteiger charge is -2.11. The summed E-state index contributed by atoms with van der Waals surface area (Å²) in [6, 6.07) is 13.6. The van der Waals surface area contributed by atoms with Crippen LogP contribution in [0, 0.1) is 0 Å². The number of ether oxygens (including phenoxy) is 1. The molecule has 7 heteroatoms. The molecule has 0 spiro atoms. The van der Waals surface area contributed by atoms with Crippen LogP contribution in [0.3, 0.4) is 0 Å². The van der Waals surface area contributed by atoms with E-state index in [9.17, 15) is 9.59 Å². The summed E-state index contributed by atoms with van der Waals surface area (Å²) < 4.78 is 10.3. The summed E-state index contributed by atoms with van der Waals surface area (Å²) in [5.41, 5.74) is 1.10. The summed E-state index contributed by atoms with van der Waals surface area (Å²) in [5.74, 6) is 0.465. The molecule has 0 radical (unpaired) electrons. The molecule has 27 heavy (non-hydrogen) atoms. The molecule has 1 aromatic carbocycles. The van der Waals surface area contributed by atoms with Gasteiger partial charge in [-0.3, -0.25) is 4.79 Å². The normalized spacial score (nSPS) is 10.3. The van der Waals surface area contributed by atoms with E-state index in [1.807, 2.05) is 6.07 Å². The number of anilines is 2. The van der Waals surface area contributed by atoms with Crippen LogP contribution in [0.15, 0.2) is 65.4 Å². The lowest BCUT2D eigenvalue weighted by atomic mass is 10.1. The first-order valence-electron chi connectivity index (χ1n) is 8.47. The van der Waals surface area contributed by atoms with E-state index >= 15 is 0 Å². The van der Waals surface area contributed by atoms with Crippen LogP contribution in [-0.4, -0.2) is 23.5 Å². The largest absolute Gasteiger partial charge is 0.467 e. The maximum Gasteiger partial charge on any atom is 0.340 e. The number of nitrogens with one attached hydrogen (secondary N) is 2. The molecule has 0 bridgehead atoms. The third-order valence-electron chi connectivity index (χ3n) is 3.72. The van der Waals surface area contributed by atoms with Crippen molar-refractivity contribution in [2.24, 2.45) is 0 Å². The Balaban J connectivity index is 1.71. The van der Waals surface area contributed by atoms with Gasteiger partial charge in [0.25, 0.3) is 5.91 Å². The zero-order chi connectivity index (χ0) is 19.1. The molecule has 0 saturated heterocycles. The fourth-order valence-electron chi connectivity index (χ4n) is 2.43. The molecule has 0 aliphatic heterocycles. The number of para-hydroxylation sites is 1. The summed E-state index contributed by atoms with van der Waals surface area (Å²) in [6.07, 6.45) is 3.13. The predicted molar refractivity (Wildman–Crippen MR) is 101 cm³/mol. The third kappa shape index (κ3) is 4.72. The summed E-state index contributed by atoms with van der Waals surface area (Å²) in [5, 5.41) is 5.84. The Hall–Kier alpha value is -3.61.